The molecule has 1 atom stereocenters. The molecule has 13 heteroatoms. The molecule has 0 fully saturated rings. The number of carbonyl (C=O) groups is 2. The molecule has 0 heterocycles. The first-order valence-electron chi connectivity index (χ1n) is 10.8. The number of nitrogens with one attached hydrogen (secondary N) is 1. The van der Waals surface area contributed by atoms with Gasteiger partial charge in [0.05, 0.1) is 9.79 Å². The van der Waals surface area contributed by atoms with E-state index < -0.39 is 60.7 Å². The van der Waals surface area contributed by atoms with Crippen LogP contribution in [-0.2, 0) is 36.2 Å². The summed E-state index contributed by atoms with van der Waals surface area (Å²) in [5.74, 6) is -2.16. The zero-order chi connectivity index (χ0) is 27.0. The molecule has 0 radical (unpaired) electrons. The van der Waals surface area contributed by atoms with E-state index >= 15 is 0 Å². The van der Waals surface area contributed by atoms with Crippen LogP contribution in [0.3, 0.4) is 0 Å². The second-order valence-electron chi connectivity index (χ2n) is 8.32. The highest BCUT2D eigenvalue weighted by molar-refractivity contribution is 7.86. The fourth-order valence-corrected chi connectivity index (χ4v) is 5.24. The summed E-state index contributed by atoms with van der Waals surface area (Å²) >= 11 is 0. The summed E-state index contributed by atoms with van der Waals surface area (Å²) in [5, 5.41) is 11.8. The molecule has 11 nitrogen and oxygen atoms in total. The lowest BCUT2D eigenvalue weighted by atomic mass is 9.98. The Kier molecular flexibility index (Phi) is 7.06. The Morgan fingerprint density at radius 1 is 0.838 bits per heavy atom. The number of ether oxygens (including phenoxy) is 1. The summed E-state index contributed by atoms with van der Waals surface area (Å²) in [7, 11) is -9.15. The molecule has 0 spiro atoms. The van der Waals surface area contributed by atoms with Crippen LogP contribution in [0, 0.1) is 0 Å². The second kappa shape index (κ2) is 9.94. The number of rotatable bonds is 8. The van der Waals surface area contributed by atoms with Crippen LogP contribution in [0.25, 0.3) is 11.1 Å². The van der Waals surface area contributed by atoms with Gasteiger partial charge in [-0.25, -0.2) is 9.59 Å². The van der Waals surface area contributed by atoms with Gasteiger partial charge >= 0.3 is 12.1 Å². The van der Waals surface area contributed by atoms with Crippen molar-refractivity contribution in [2.24, 2.45) is 0 Å². The number of hydrogen-bond donors (Lipinski definition) is 4. The summed E-state index contributed by atoms with van der Waals surface area (Å²) in [6.07, 6.45) is -1.06. The summed E-state index contributed by atoms with van der Waals surface area (Å²) in [6.45, 7) is -0.423. The lowest BCUT2D eigenvalue weighted by molar-refractivity contribution is -0.139. The van der Waals surface area contributed by atoms with Crippen molar-refractivity contribution in [3.63, 3.8) is 0 Å². The molecule has 3 aromatic carbocycles. The third-order valence-corrected chi connectivity index (χ3v) is 7.64. The highest BCUT2D eigenvalue weighted by Crippen LogP contribution is 2.46. The van der Waals surface area contributed by atoms with Crippen molar-refractivity contribution in [1.29, 1.82) is 0 Å². The number of aliphatic carboxylic acids is 1. The molecule has 4 N–H and O–H groups in total. The molecule has 0 aromatic heterocycles. The van der Waals surface area contributed by atoms with E-state index in [-0.39, 0.29) is 6.42 Å². The number of alkyl carbamates (subject to hydrolysis) is 1. The van der Waals surface area contributed by atoms with Crippen LogP contribution in [-0.4, -0.2) is 55.8 Å². The van der Waals surface area contributed by atoms with Crippen LogP contribution in [0.15, 0.2) is 76.5 Å². The number of amides is 1. The first-order valence-corrected chi connectivity index (χ1v) is 13.7. The van der Waals surface area contributed by atoms with E-state index in [1.165, 1.54) is 36.4 Å². The van der Waals surface area contributed by atoms with Gasteiger partial charge in [-0.15, -0.1) is 0 Å². The lowest BCUT2D eigenvalue weighted by Gasteiger charge is -2.18. The Morgan fingerprint density at radius 3 is 1.81 bits per heavy atom. The molecule has 0 saturated carbocycles. The SMILES string of the molecule is O=C(N[C@@H](Cc1ccccc1)C(=O)O)OCC1c2cc(S(=O)(=O)O)ccc2-c2ccc(S(=O)(=O)O)cc21. The molecule has 1 aliphatic carbocycles. The van der Waals surface area contributed by atoms with Crippen molar-refractivity contribution >= 4 is 32.3 Å². The predicted octanol–water partition coefficient (Wildman–Crippen LogP) is 2.71. The van der Waals surface area contributed by atoms with Crippen LogP contribution in [0.4, 0.5) is 4.79 Å². The Morgan fingerprint density at radius 2 is 1.35 bits per heavy atom. The number of benzene rings is 3. The maximum atomic E-state index is 12.5. The largest absolute Gasteiger partial charge is 0.480 e. The minimum absolute atomic E-state index is 0.00416. The van der Waals surface area contributed by atoms with Crippen LogP contribution >= 0.6 is 0 Å². The first kappa shape index (κ1) is 26.3. The zero-order valence-electron chi connectivity index (χ0n) is 18.9. The van der Waals surface area contributed by atoms with Crippen LogP contribution in [0.1, 0.15) is 22.6 Å². The molecule has 3 aromatic rings. The van der Waals surface area contributed by atoms with Crippen molar-refractivity contribution < 1.29 is 45.4 Å². The first-order chi connectivity index (χ1) is 17.3. The standard InChI is InChI=1S/C24H21NO10S2/c26-23(27)22(10-14-4-2-1-3-5-14)25-24(28)35-13-21-19-11-15(36(29,30)31)6-8-17(19)18-9-7-16(12-20(18)21)37(32,33)34/h1-9,11-12,21-22H,10,13H2,(H,25,28)(H,26,27)(H,29,30,31)(H,32,33,34)/t22-/m0/s1. The quantitative estimate of drug-likeness (QED) is 0.306. The molecule has 0 bridgehead atoms. The van der Waals surface area contributed by atoms with Crippen LogP contribution in [0.2, 0.25) is 0 Å². The Hall–Kier alpha value is -3.78. The van der Waals surface area contributed by atoms with E-state index in [1.54, 1.807) is 30.3 Å². The molecule has 37 heavy (non-hydrogen) atoms. The highest BCUT2D eigenvalue weighted by atomic mass is 32.2. The predicted molar refractivity (Wildman–Crippen MR) is 129 cm³/mol. The summed E-state index contributed by atoms with van der Waals surface area (Å²) in [4.78, 5) is 23.3. The van der Waals surface area contributed by atoms with Crippen molar-refractivity contribution in [1.82, 2.24) is 5.32 Å². The Balaban J connectivity index is 1.61. The van der Waals surface area contributed by atoms with E-state index in [2.05, 4.69) is 5.32 Å². The second-order valence-corrected chi connectivity index (χ2v) is 11.2. The number of carbonyl (C=O) groups excluding carboxylic acids is 1. The van der Waals surface area contributed by atoms with Gasteiger partial charge in [0.2, 0.25) is 0 Å². The smallest absolute Gasteiger partial charge is 0.407 e. The van der Waals surface area contributed by atoms with Gasteiger partial charge in [-0.3, -0.25) is 9.11 Å². The maximum absolute atomic E-state index is 12.5. The van der Waals surface area contributed by atoms with Gasteiger partial charge in [-0.2, -0.15) is 16.8 Å². The molecule has 194 valence electrons. The number of carboxylic acids is 1. The van der Waals surface area contributed by atoms with Crippen molar-refractivity contribution in [3.8, 4) is 11.1 Å². The molecule has 1 aliphatic rings. The van der Waals surface area contributed by atoms with E-state index in [4.69, 9.17) is 4.74 Å². The van der Waals surface area contributed by atoms with E-state index in [1.807, 2.05) is 0 Å². The highest BCUT2D eigenvalue weighted by Gasteiger charge is 2.33. The summed E-state index contributed by atoms with van der Waals surface area (Å²) < 4.78 is 71.0. The third kappa shape index (κ3) is 5.80. The fourth-order valence-electron chi connectivity index (χ4n) is 4.21. The fraction of sp³-hybridized carbons (Fsp3) is 0.167. The molecular formula is C24H21NO10S2. The van der Waals surface area contributed by atoms with Gasteiger partial charge in [-0.05, 0) is 52.1 Å². The van der Waals surface area contributed by atoms with Gasteiger partial charge in [0, 0.05) is 12.3 Å². The van der Waals surface area contributed by atoms with Crippen LogP contribution in [0.5, 0.6) is 0 Å². The average Bonchev–Trinajstić information content (AvgIpc) is 3.14. The molecule has 4 rings (SSSR count). The summed E-state index contributed by atoms with van der Waals surface area (Å²) in [6, 6.07) is 14.9. The minimum atomic E-state index is -4.57. The Bertz CT molecular complexity index is 1500. The minimum Gasteiger partial charge on any atom is -0.480 e. The molecule has 0 saturated heterocycles. The molecule has 0 aliphatic heterocycles. The molecule has 1 amide bonds. The van der Waals surface area contributed by atoms with Crippen molar-refractivity contribution in [2.45, 2.75) is 28.2 Å². The van der Waals surface area contributed by atoms with E-state index in [0.717, 1.165) is 0 Å². The third-order valence-electron chi connectivity index (χ3n) is 5.94. The molecule has 0 unspecified atom stereocenters. The number of fused-ring (bicyclic) bond motifs is 3. The maximum Gasteiger partial charge on any atom is 0.407 e. The van der Waals surface area contributed by atoms with Gasteiger partial charge in [-0.1, -0.05) is 42.5 Å². The topological polar surface area (TPSA) is 184 Å². The lowest BCUT2D eigenvalue weighted by Crippen LogP contribution is -2.42. The van der Waals surface area contributed by atoms with Crippen molar-refractivity contribution in [3.05, 3.63) is 83.4 Å². The normalized spacial score (nSPS) is 13.9. The zero-order valence-corrected chi connectivity index (χ0v) is 20.6. The number of carboxylic acid groups (broad SMARTS) is 1. The van der Waals surface area contributed by atoms with E-state index in [9.17, 15) is 40.6 Å². The van der Waals surface area contributed by atoms with Crippen LogP contribution < -0.4 is 5.32 Å². The molecular weight excluding hydrogens is 526 g/mol. The number of hydrogen-bond acceptors (Lipinski definition) is 7. The van der Waals surface area contributed by atoms with Gasteiger partial charge in [0.25, 0.3) is 20.2 Å². The van der Waals surface area contributed by atoms with Gasteiger partial charge < -0.3 is 15.2 Å². The Labute approximate surface area is 212 Å². The van der Waals surface area contributed by atoms with E-state index in [0.29, 0.717) is 27.8 Å². The van der Waals surface area contributed by atoms with Crippen molar-refractivity contribution in [2.75, 3.05) is 6.61 Å². The van der Waals surface area contributed by atoms with Gasteiger partial charge in [0.15, 0.2) is 0 Å². The monoisotopic (exact) mass is 547 g/mol. The summed E-state index contributed by atoms with van der Waals surface area (Å²) in [5.41, 5.74) is 2.33. The average molecular weight is 548 g/mol. The van der Waals surface area contributed by atoms with Gasteiger partial charge in [0.1, 0.15) is 12.6 Å².